The third-order valence-corrected chi connectivity index (χ3v) is 3.07. The highest BCUT2D eigenvalue weighted by Crippen LogP contribution is 2.29. The molecule has 0 atom stereocenters. The van der Waals surface area contributed by atoms with Gasteiger partial charge in [0.05, 0.1) is 6.61 Å². The Morgan fingerprint density at radius 1 is 1.35 bits per heavy atom. The number of aromatic nitrogens is 2. The zero-order valence-corrected chi connectivity index (χ0v) is 13.8. The molecule has 7 nitrogen and oxygen atoms in total. The maximum Gasteiger partial charge on any atom is 0.471 e. The van der Waals surface area contributed by atoms with Gasteiger partial charge in [0.15, 0.2) is 0 Å². The van der Waals surface area contributed by atoms with Crippen LogP contribution in [0.1, 0.15) is 16.2 Å². The predicted octanol–water partition coefficient (Wildman–Crippen LogP) is 3.23. The first-order valence-electron chi connectivity index (χ1n) is 7.04. The molecule has 0 aliphatic rings. The van der Waals surface area contributed by atoms with E-state index in [4.69, 9.17) is 21.7 Å². The first-order chi connectivity index (χ1) is 12.3. The Morgan fingerprint density at radius 2 is 2.04 bits per heavy atom. The van der Waals surface area contributed by atoms with E-state index in [1.807, 2.05) is 0 Å². The Balaban J connectivity index is 1.97. The number of halogens is 4. The Morgan fingerprint density at radius 3 is 2.62 bits per heavy atom. The number of hydrogen-bond acceptors (Lipinski definition) is 6. The molecule has 1 amide bonds. The summed E-state index contributed by atoms with van der Waals surface area (Å²) in [6, 6.07) is 5.45. The molecule has 2 rings (SSSR count). The number of hydrogen-bond donors (Lipinski definition) is 2. The maximum atomic E-state index is 12.5. The first kappa shape index (κ1) is 19.6. The number of benzene rings is 1. The van der Waals surface area contributed by atoms with E-state index < -0.39 is 18.0 Å². The molecule has 0 aliphatic heterocycles. The molecule has 0 spiro atoms. The van der Waals surface area contributed by atoms with Crippen molar-refractivity contribution in [1.29, 1.82) is 5.41 Å². The number of amides is 1. The lowest BCUT2D eigenvalue weighted by Gasteiger charge is -2.07. The largest absolute Gasteiger partial charge is 0.471 e. The van der Waals surface area contributed by atoms with Gasteiger partial charge < -0.3 is 14.6 Å². The number of carbonyl (C=O) groups is 1. The summed E-state index contributed by atoms with van der Waals surface area (Å²) in [5, 5.41) is 13.2. The average Bonchev–Trinajstić information content (AvgIpc) is 3.09. The van der Waals surface area contributed by atoms with Crippen LogP contribution in [-0.2, 0) is 10.9 Å². The fraction of sp³-hybridized carbons (Fsp3) is 0.200. The molecule has 0 radical (unpaired) electrons. The van der Waals surface area contributed by atoms with Crippen molar-refractivity contribution < 1.29 is 27.2 Å². The Kier molecular flexibility index (Phi) is 6.47. The van der Waals surface area contributed by atoms with Crippen molar-refractivity contribution in [3.05, 3.63) is 47.3 Å². The molecule has 0 saturated heterocycles. The van der Waals surface area contributed by atoms with Gasteiger partial charge in [-0.05, 0) is 18.2 Å². The predicted molar refractivity (Wildman–Crippen MR) is 85.7 cm³/mol. The number of nitrogens with zero attached hydrogens (tertiary/aromatic N) is 2. The third kappa shape index (κ3) is 5.39. The minimum absolute atomic E-state index is 0.117. The molecule has 2 aromatic rings. The van der Waals surface area contributed by atoms with Gasteiger partial charge in [0.25, 0.3) is 5.91 Å². The highest BCUT2D eigenvalue weighted by atomic mass is 35.5. The van der Waals surface area contributed by atoms with E-state index in [1.165, 1.54) is 35.9 Å². The summed E-state index contributed by atoms with van der Waals surface area (Å²) < 4.78 is 46.5. The van der Waals surface area contributed by atoms with Crippen LogP contribution < -0.4 is 5.32 Å². The van der Waals surface area contributed by atoms with Gasteiger partial charge in [0.2, 0.25) is 5.82 Å². The molecule has 1 aromatic heterocycles. The van der Waals surface area contributed by atoms with Gasteiger partial charge in [-0.15, -0.1) is 0 Å². The van der Waals surface area contributed by atoms with Gasteiger partial charge in [-0.3, -0.25) is 10.2 Å². The van der Waals surface area contributed by atoms with Crippen LogP contribution >= 0.6 is 11.6 Å². The lowest BCUT2D eigenvalue weighted by atomic mass is 10.1. The van der Waals surface area contributed by atoms with Crippen molar-refractivity contribution in [2.24, 2.45) is 0 Å². The van der Waals surface area contributed by atoms with Crippen molar-refractivity contribution in [2.75, 3.05) is 13.2 Å². The van der Waals surface area contributed by atoms with Crippen LogP contribution in [0.25, 0.3) is 11.4 Å². The monoisotopic (exact) mass is 388 g/mol. The standard InChI is InChI=1S/C15H12ClF3N4O3/c16-6-1-7-25-8-11(20)21-13(24)10-4-2-9(3-5-10)12-22-14(26-23-12)15(17,18)19/h1-6H,7-8H2,(H2,20,21,24)/b6-1-. The second-order valence-corrected chi connectivity index (χ2v) is 5.06. The lowest BCUT2D eigenvalue weighted by molar-refractivity contribution is -0.159. The second-order valence-electron chi connectivity index (χ2n) is 4.81. The van der Waals surface area contributed by atoms with Crippen LogP contribution in [0.4, 0.5) is 13.2 Å². The summed E-state index contributed by atoms with van der Waals surface area (Å²) in [4.78, 5) is 15.2. The summed E-state index contributed by atoms with van der Waals surface area (Å²) in [5.41, 5.74) is 1.70. The van der Waals surface area contributed by atoms with Crippen molar-refractivity contribution in [3.8, 4) is 11.4 Å². The van der Waals surface area contributed by atoms with Gasteiger partial charge in [-0.25, -0.2) is 0 Å². The van der Waals surface area contributed by atoms with Crippen molar-refractivity contribution in [3.63, 3.8) is 0 Å². The molecule has 26 heavy (non-hydrogen) atoms. The number of rotatable bonds is 6. The van der Waals surface area contributed by atoms with Gasteiger partial charge in [-0.2, -0.15) is 18.2 Å². The number of carbonyl (C=O) groups excluding carboxylic acids is 1. The van der Waals surface area contributed by atoms with Gasteiger partial charge in [0.1, 0.15) is 12.4 Å². The summed E-state index contributed by atoms with van der Waals surface area (Å²) in [6.45, 7) is 0.0786. The molecule has 1 heterocycles. The number of ether oxygens (including phenoxy) is 1. The Bertz CT molecular complexity index is 803. The number of alkyl halides is 3. The topological polar surface area (TPSA) is 101 Å². The first-order valence-corrected chi connectivity index (χ1v) is 7.48. The Hall–Kier alpha value is -2.72. The molecular weight excluding hydrogens is 377 g/mol. The zero-order valence-electron chi connectivity index (χ0n) is 13.0. The summed E-state index contributed by atoms with van der Waals surface area (Å²) in [5.74, 6) is -2.43. The average molecular weight is 389 g/mol. The zero-order chi connectivity index (χ0) is 19.2. The van der Waals surface area contributed by atoms with E-state index in [9.17, 15) is 18.0 Å². The third-order valence-electron chi connectivity index (χ3n) is 2.89. The molecule has 11 heteroatoms. The van der Waals surface area contributed by atoms with Gasteiger partial charge in [0, 0.05) is 16.7 Å². The molecule has 0 saturated carbocycles. The van der Waals surface area contributed by atoms with E-state index in [2.05, 4.69) is 20.0 Å². The van der Waals surface area contributed by atoms with Crippen molar-refractivity contribution in [1.82, 2.24) is 15.5 Å². The van der Waals surface area contributed by atoms with E-state index >= 15 is 0 Å². The minimum atomic E-state index is -4.73. The molecular formula is C15H12ClF3N4O3. The summed E-state index contributed by atoms with van der Waals surface area (Å²) >= 11 is 5.31. The van der Waals surface area contributed by atoms with Crippen molar-refractivity contribution >= 4 is 23.3 Å². The van der Waals surface area contributed by atoms with Crippen LogP contribution in [0.2, 0.25) is 0 Å². The van der Waals surface area contributed by atoms with Gasteiger partial charge >= 0.3 is 12.1 Å². The lowest BCUT2D eigenvalue weighted by Crippen LogP contribution is -2.32. The summed E-state index contributed by atoms with van der Waals surface area (Å²) in [7, 11) is 0. The SMILES string of the molecule is N=C(COC/C=C\Cl)NC(=O)c1ccc(-c2noc(C(F)(F)F)n2)cc1. The molecule has 2 N–H and O–H groups in total. The van der Waals surface area contributed by atoms with E-state index in [1.54, 1.807) is 0 Å². The smallest absolute Gasteiger partial charge is 0.369 e. The molecule has 0 bridgehead atoms. The van der Waals surface area contributed by atoms with E-state index in [-0.39, 0.29) is 36.0 Å². The molecule has 0 aliphatic carbocycles. The molecule has 138 valence electrons. The van der Waals surface area contributed by atoms with E-state index in [0.29, 0.717) is 0 Å². The van der Waals surface area contributed by atoms with Crippen LogP contribution in [0, 0.1) is 5.41 Å². The number of nitrogens with one attached hydrogen (secondary N) is 2. The van der Waals surface area contributed by atoms with Crippen LogP contribution in [-0.4, -0.2) is 35.1 Å². The van der Waals surface area contributed by atoms with Gasteiger partial charge in [-0.1, -0.05) is 28.9 Å². The minimum Gasteiger partial charge on any atom is -0.369 e. The fourth-order valence-electron chi connectivity index (χ4n) is 1.74. The highest BCUT2D eigenvalue weighted by Gasteiger charge is 2.38. The normalized spacial score (nSPS) is 11.7. The fourth-order valence-corrected chi connectivity index (χ4v) is 1.81. The molecule has 0 fully saturated rings. The molecule has 0 unspecified atom stereocenters. The highest BCUT2D eigenvalue weighted by molar-refractivity contribution is 6.25. The van der Waals surface area contributed by atoms with Crippen LogP contribution in [0.5, 0.6) is 0 Å². The molecule has 1 aromatic carbocycles. The maximum absolute atomic E-state index is 12.5. The number of amidine groups is 1. The van der Waals surface area contributed by atoms with Crippen LogP contribution in [0.3, 0.4) is 0 Å². The quantitative estimate of drug-likeness (QED) is 0.449. The Labute approximate surface area is 150 Å². The van der Waals surface area contributed by atoms with Crippen LogP contribution in [0.15, 0.2) is 40.4 Å². The second kappa shape index (κ2) is 8.59. The van der Waals surface area contributed by atoms with Crippen molar-refractivity contribution in [2.45, 2.75) is 6.18 Å². The summed E-state index contributed by atoms with van der Waals surface area (Å²) in [6.07, 6.45) is -3.20. The van der Waals surface area contributed by atoms with E-state index in [0.717, 1.165) is 0 Å².